The van der Waals surface area contributed by atoms with Crippen LogP contribution >= 0.6 is 11.3 Å². The molecule has 1 aromatic heterocycles. The number of ether oxygens (including phenoxy) is 1. The van der Waals surface area contributed by atoms with E-state index in [0.29, 0.717) is 36.6 Å². The van der Waals surface area contributed by atoms with Gasteiger partial charge >= 0.3 is 6.09 Å². The third-order valence-electron chi connectivity index (χ3n) is 5.41. The number of nitrogens with zero attached hydrogens (tertiary/aromatic N) is 3. The van der Waals surface area contributed by atoms with E-state index in [-0.39, 0.29) is 17.7 Å². The molecule has 182 valence electrons. The summed E-state index contributed by atoms with van der Waals surface area (Å²) in [6, 6.07) is 11.9. The summed E-state index contributed by atoms with van der Waals surface area (Å²) >= 11 is 1.30. The van der Waals surface area contributed by atoms with E-state index in [1.54, 1.807) is 17.0 Å². The largest absolute Gasteiger partial charge is 0.444 e. The van der Waals surface area contributed by atoms with E-state index in [0.717, 1.165) is 22.4 Å². The van der Waals surface area contributed by atoms with Crippen molar-refractivity contribution in [3.05, 3.63) is 85.9 Å². The molecule has 0 atom stereocenters. The van der Waals surface area contributed by atoms with Gasteiger partial charge in [-0.05, 0) is 56.0 Å². The zero-order valence-corrected chi connectivity index (χ0v) is 20.6. The van der Waals surface area contributed by atoms with E-state index in [9.17, 15) is 19.7 Å². The molecule has 4 rings (SSSR count). The summed E-state index contributed by atoms with van der Waals surface area (Å²) in [6.45, 7) is 6.49. The van der Waals surface area contributed by atoms with E-state index < -0.39 is 10.5 Å². The van der Waals surface area contributed by atoms with Crippen LogP contribution in [0.3, 0.4) is 0 Å². The maximum absolute atomic E-state index is 12.8. The Balaban J connectivity index is 1.38. The average Bonchev–Trinajstić information content (AvgIpc) is 3.23. The quantitative estimate of drug-likeness (QED) is 0.386. The van der Waals surface area contributed by atoms with Crippen molar-refractivity contribution in [1.29, 1.82) is 0 Å². The minimum absolute atomic E-state index is 0.0351. The van der Waals surface area contributed by atoms with Crippen molar-refractivity contribution in [2.45, 2.75) is 45.8 Å². The number of thiazole rings is 1. The van der Waals surface area contributed by atoms with E-state index in [1.807, 2.05) is 44.4 Å². The van der Waals surface area contributed by atoms with Gasteiger partial charge < -0.3 is 9.64 Å². The van der Waals surface area contributed by atoms with Crippen molar-refractivity contribution in [3.63, 3.8) is 0 Å². The number of carbonyl (C=O) groups is 2. The second kappa shape index (κ2) is 9.83. The molecule has 0 bridgehead atoms. The molecule has 0 radical (unpaired) electrons. The predicted molar refractivity (Wildman–Crippen MR) is 133 cm³/mol. The van der Waals surface area contributed by atoms with Gasteiger partial charge in [0.25, 0.3) is 11.6 Å². The van der Waals surface area contributed by atoms with E-state index in [1.165, 1.54) is 23.5 Å². The monoisotopic (exact) mass is 494 g/mol. The highest BCUT2D eigenvalue weighted by atomic mass is 32.1. The molecule has 0 aliphatic carbocycles. The first-order valence-corrected chi connectivity index (χ1v) is 12.0. The standard InChI is InChI=1S/C25H26N4O5S/c1-25(2,3)34-24(31)28-10-9-17-13-18(7-8-19(17)14-28)22(30)27-23-26-20(15-35-23)11-16-5-4-6-21(12-16)29(32)33/h4-8,12-13,15H,9-11,14H2,1-3H3,(H,26,27,30). The Bertz CT molecular complexity index is 1280. The van der Waals surface area contributed by atoms with Crippen LogP contribution < -0.4 is 5.32 Å². The average molecular weight is 495 g/mol. The third-order valence-corrected chi connectivity index (χ3v) is 6.22. The van der Waals surface area contributed by atoms with Crippen LogP contribution in [0.5, 0.6) is 0 Å². The number of nitro benzene ring substituents is 1. The van der Waals surface area contributed by atoms with Crippen LogP contribution in [0.15, 0.2) is 47.8 Å². The van der Waals surface area contributed by atoms with Gasteiger partial charge in [-0.3, -0.25) is 20.2 Å². The number of aromatic nitrogens is 1. The maximum Gasteiger partial charge on any atom is 0.410 e. The van der Waals surface area contributed by atoms with Gasteiger partial charge in [-0.25, -0.2) is 9.78 Å². The number of rotatable bonds is 5. The first kappa shape index (κ1) is 24.3. The van der Waals surface area contributed by atoms with Crippen LogP contribution in [0.1, 0.15) is 53.5 Å². The van der Waals surface area contributed by atoms with Crippen molar-refractivity contribution < 1.29 is 19.2 Å². The Hall–Kier alpha value is -3.79. The molecule has 1 aliphatic heterocycles. The Labute approximate surface area is 206 Å². The van der Waals surface area contributed by atoms with Gasteiger partial charge in [0.2, 0.25) is 0 Å². The van der Waals surface area contributed by atoms with Crippen LogP contribution in [-0.2, 0) is 24.1 Å². The topological polar surface area (TPSA) is 115 Å². The molecule has 9 nitrogen and oxygen atoms in total. The third kappa shape index (κ3) is 6.21. The summed E-state index contributed by atoms with van der Waals surface area (Å²) in [4.78, 5) is 41.9. The summed E-state index contributed by atoms with van der Waals surface area (Å²) < 4.78 is 5.46. The minimum Gasteiger partial charge on any atom is -0.444 e. The van der Waals surface area contributed by atoms with Crippen LogP contribution in [-0.4, -0.2) is 39.0 Å². The van der Waals surface area contributed by atoms with Gasteiger partial charge in [-0.15, -0.1) is 11.3 Å². The lowest BCUT2D eigenvalue weighted by molar-refractivity contribution is -0.384. The van der Waals surface area contributed by atoms with E-state index in [4.69, 9.17) is 4.74 Å². The van der Waals surface area contributed by atoms with Crippen LogP contribution in [0.2, 0.25) is 0 Å². The smallest absolute Gasteiger partial charge is 0.410 e. The van der Waals surface area contributed by atoms with Crippen LogP contribution in [0.25, 0.3) is 0 Å². The number of fused-ring (bicyclic) bond motifs is 1. The highest BCUT2D eigenvalue weighted by Crippen LogP contribution is 2.24. The Kier molecular flexibility index (Phi) is 6.83. The molecule has 2 heterocycles. The SMILES string of the molecule is CC(C)(C)OC(=O)N1CCc2cc(C(=O)Nc3nc(Cc4cccc([N+](=O)[O-])c4)cs3)ccc2C1. The molecule has 0 spiro atoms. The molecule has 2 aromatic carbocycles. The molecule has 0 fully saturated rings. The summed E-state index contributed by atoms with van der Waals surface area (Å²) in [5, 5.41) is 16.1. The number of benzene rings is 2. The number of carbonyl (C=O) groups excluding carboxylic acids is 2. The van der Waals surface area contributed by atoms with Crippen LogP contribution in [0, 0.1) is 10.1 Å². The zero-order valence-electron chi connectivity index (χ0n) is 19.7. The number of hydrogen-bond donors (Lipinski definition) is 1. The highest BCUT2D eigenvalue weighted by molar-refractivity contribution is 7.14. The normalized spacial score (nSPS) is 13.2. The fourth-order valence-electron chi connectivity index (χ4n) is 3.78. The van der Waals surface area contributed by atoms with Crippen molar-refractivity contribution >= 4 is 34.2 Å². The number of nitro groups is 1. The van der Waals surface area contributed by atoms with Gasteiger partial charge in [-0.1, -0.05) is 18.2 Å². The molecule has 0 saturated heterocycles. The lowest BCUT2D eigenvalue weighted by Crippen LogP contribution is -2.39. The second-order valence-corrected chi connectivity index (χ2v) is 10.2. The zero-order chi connectivity index (χ0) is 25.2. The second-order valence-electron chi connectivity index (χ2n) is 9.34. The van der Waals surface area contributed by atoms with E-state index in [2.05, 4.69) is 10.3 Å². The van der Waals surface area contributed by atoms with Crippen molar-refractivity contribution in [2.75, 3.05) is 11.9 Å². The molecule has 0 saturated carbocycles. The Morgan fingerprint density at radius 2 is 2.00 bits per heavy atom. The van der Waals surface area contributed by atoms with Gasteiger partial charge in [-0.2, -0.15) is 0 Å². The Morgan fingerprint density at radius 1 is 1.20 bits per heavy atom. The summed E-state index contributed by atoms with van der Waals surface area (Å²) in [7, 11) is 0. The molecular weight excluding hydrogens is 468 g/mol. The van der Waals surface area contributed by atoms with Gasteiger partial charge in [0.05, 0.1) is 10.6 Å². The summed E-state index contributed by atoms with van der Waals surface area (Å²) in [5.41, 5.74) is 3.53. The molecule has 10 heteroatoms. The number of amides is 2. The molecule has 1 N–H and O–H groups in total. The number of hydrogen-bond acceptors (Lipinski definition) is 7. The van der Waals surface area contributed by atoms with Crippen molar-refractivity contribution in [2.24, 2.45) is 0 Å². The molecular formula is C25H26N4O5S. The predicted octanol–water partition coefficient (Wildman–Crippen LogP) is 5.19. The van der Waals surface area contributed by atoms with Gasteiger partial charge in [0.1, 0.15) is 5.60 Å². The molecule has 0 unspecified atom stereocenters. The van der Waals surface area contributed by atoms with Crippen molar-refractivity contribution in [1.82, 2.24) is 9.88 Å². The molecule has 2 amide bonds. The molecule has 35 heavy (non-hydrogen) atoms. The fraction of sp³-hybridized carbons (Fsp3) is 0.320. The number of anilines is 1. The summed E-state index contributed by atoms with van der Waals surface area (Å²) in [6.07, 6.45) is 0.733. The minimum atomic E-state index is -0.548. The van der Waals surface area contributed by atoms with E-state index >= 15 is 0 Å². The van der Waals surface area contributed by atoms with Crippen molar-refractivity contribution in [3.8, 4) is 0 Å². The number of non-ortho nitro benzene ring substituents is 1. The number of nitrogens with one attached hydrogen (secondary N) is 1. The van der Waals surface area contributed by atoms with Crippen LogP contribution in [0.4, 0.5) is 15.6 Å². The Morgan fingerprint density at radius 3 is 2.74 bits per heavy atom. The van der Waals surface area contributed by atoms with Gasteiger partial charge in [0, 0.05) is 42.6 Å². The molecule has 1 aliphatic rings. The maximum atomic E-state index is 12.8. The highest BCUT2D eigenvalue weighted by Gasteiger charge is 2.26. The molecule has 3 aromatic rings. The first-order valence-electron chi connectivity index (χ1n) is 11.2. The lowest BCUT2D eigenvalue weighted by atomic mass is 9.97. The summed E-state index contributed by atoms with van der Waals surface area (Å²) in [5.74, 6) is -0.265. The fourth-order valence-corrected chi connectivity index (χ4v) is 4.49. The lowest BCUT2D eigenvalue weighted by Gasteiger charge is -2.31. The first-order chi connectivity index (χ1) is 16.6. The van der Waals surface area contributed by atoms with Gasteiger partial charge in [0.15, 0.2) is 5.13 Å².